The predicted octanol–water partition coefficient (Wildman–Crippen LogP) is 24.8. The molecule has 0 spiro atoms. The summed E-state index contributed by atoms with van der Waals surface area (Å²) in [4.78, 5) is 38.5. The van der Waals surface area contributed by atoms with E-state index in [0.29, 0.717) is 19.3 Å². The van der Waals surface area contributed by atoms with Crippen molar-refractivity contribution in [3.8, 4) is 0 Å². The van der Waals surface area contributed by atoms with Crippen LogP contribution in [0.4, 0.5) is 0 Å². The second-order valence-corrected chi connectivity index (χ2v) is 23.8. The van der Waals surface area contributed by atoms with Crippen molar-refractivity contribution in [1.82, 2.24) is 0 Å². The van der Waals surface area contributed by atoms with Crippen molar-refractivity contribution in [2.24, 2.45) is 0 Å². The first-order valence-electron chi connectivity index (χ1n) is 35.7. The van der Waals surface area contributed by atoms with Gasteiger partial charge in [0.2, 0.25) is 0 Å². The molecule has 0 N–H and O–H groups in total. The lowest BCUT2D eigenvalue weighted by Gasteiger charge is -2.18. The molecule has 0 heterocycles. The fourth-order valence-corrected chi connectivity index (χ4v) is 10.2. The molecular formula is C77H134O6. The van der Waals surface area contributed by atoms with Crippen molar-refractivity contribution in [2.45, 2.75) is 361 Å². The van der Waals surface area contributed by atoms with Crippen molar-refractivity contribution in [3.63, 3.8) is 0 Å². The number of esters is 3. The Balaban J connectivity index is 4.39. The van der Waals surface area contributed by atoms with Crippen LogP contribution in [-0.4, -0.2) is 37.2 Å². The normalized spacial score (nSPS) is 12.7. The van der Waals surface area contributed by atoms with E-state index < -0.39 is 6.10 Å². The van der Waals surface area contributed by atoms with Gasteiger partial charge in [0.05, 0.1) is 0 Å². The van der Waals surface area contributed by atoms with Gasteiger partial charge in [-0.25, -0.2) is 0 Å². The lowest BCUT2D eigenvalue weighted by Crippen LogP contribution is -2.30. The van der Waals surface area contributed by atoms with Gasteiger partial charge in [-0.2, -0.15) is 0 Å². The summed E-state index contributed by atoms with van der Waals surface area (Å²) in [5.74, 6) is -0.876. The van der Waals surface area contributed by atoms with E-state index in [4.69, 9.17) is 14.2 Å². The smallest absolute Gasteiger partial charge is 0.306 e. The summed E-state index contributed by atoms with van der Waals surface area (Å²) in [6.07, 6.45) is 95.6. The van der Waals surface area contributed by atoms with Gasteiger partial charge in [0, 0.05) is 19.3 Å². The Hall–Kier alpha value is -3.67. The highest BCUT2D eigenvalue weighted by atomic mass is 16.6. The van der Waals surface area contributed by atoms with Crippen molar-refractivity contribution in [3.05, 3.63) is 97.2 Å². The number of carbonyl (C=O) groups excluding carboxylic acids is 3. The molecule has 1 atom stereocenters. The third-order valence-electron chi connectivity index (χ3n) is 15.5. The van der Waals surface area contributed by atoms with Gasteiger partial charge < -0.3 is 14.2 Å². The average molecular weight is 1160 g/mol. The molecule has 83 heavy (non-hydrogen) atoms. The Morgan fingerprint density at radius 3 is 0.735 bits per heavy atom. The summed E-state index contributed by atoms with van der Waals surface area (Å²) >= 11 is 0. The number of hydrogen-bond donors (Lipinski definition) is 0. The van der Waals surface area contributed by atoms with E-state index in [2.05, 4.69) is 118 Å². The predicted molar refractivity (Wildman–Crippen MR) is 362 cm³/mol. The van der Waals surface area contributed by atoms with Crippen LogP contribution >= 0.6 is 0 Å². The molecule has 0 fully saturated rings. The molecule has 0 bridgehead atoms. The van der Waals surface area contributed by atoms with Crippen molar-refractivity contribution < 1.29 is 28.6 Å². The summed E-state index contributed by atoms with van der Waals surface area (Å²) in [6.45, 7) is 6.54. The molecule has 0 saturated heterocycles. The Kier molecular flexibility index (Phi) is 67.7. The highest BCUT2D eigenvalue weighted by Gasteiger charge is 2.19. The zero-order valence-electron chi connectivity index (χ0n) is 54.9. The van der Waals surface area contributed by atoms with Crippen LogP contribution < -0.4 is 0 Å². The molecule has 1 unspecified atom stereocenters. The quantitative estimate of drug-likeness (QED) is 0.0261. The summed E-state index contributed by atoms with van der Waals surface area (Å²) in [5, 5.41) is 0. The fourth-order valence-electron chi connectivity index (χ4n) is 10.2. The maximum absolute atomic E-state index is 13.0. The van der Waals surface area contributed by atoms with Gasteiger partial charge in [-0.15, -0.1) is 0 Å². The number of ether oxygens (including phenoxy) is 3. The van der Waals surface area contributed by atoms with Crippen molar-refractivity contribution in [2.75, 3.05) is 13.2 Å². The first kappa shape index (κ1) is 79.3. The SMILES string of the molecule is CC/C=C\C/C=C\C/C=C\C/C=C\CCCCCCCCCCCCC(=O)OCC(COC(=O)CCCCCCCCCCC/C=C\C/C=C\CCCCCCC)OC(=O)CCCCCCCCCCC/C=C\C/C=C\CCCCCCC. The van der Waals surface area contributed by atoms with Crippen LogP contribution in [0.3, 0.4) is 0 Å². The Labute approximate surface area is 515 Å². The molecular weight excluding hydrogens is 1020 g/mol. The monoisotopic (exact) mass is 1160 g/mol. The first-order valence-corrected chi connectivity index (χ1v) is 35.7. The maximum Gasteiger partial charge on any atom is 0.306 e. The van der Waals surface area contributed by atoms with Crippen LogP contribution in [-0.2, 0) is 28.6 Å². The third-order valence-corrected chi connectivity index (χ3v) is 15.5. The average Bonchev–Trinajstić information content (AvgIpc) is 3.49. The Bertz CT molecular complexity index is 1610. The van der Waals surface area contributed by atoms with Gasteiger partial charge in [-0.3, -0.25) is 14.4 Å². The lowest BCUT2D eigenvalue weighted by atomic mass is 10.1. The zero-order valence-corrected chi connectivity index (χ0v) is 54.9. The molecule has 0 rings (SSSR count). The van der Waals surface area contributed by atoms with E-state index in [0.717, 1.165) is 96.3 Å². The second kappa shape index (κ2) is 70.8. The molecule has 0 aromatic carbocycles. The Morgan fingerprint density at radius 2 is 0.470 bits per heavy atom. The van der Waals surface area contributed by atoms with Gasteiger partial charge in [0.1, 0.15) is 13.2 Å². The molecule has 0 aliphatic rings. The standard InChI is InChI=1S/C77H134O6/c1-4-7-10-13-16-19-22-25-28-31-34-37-38-41-43-46-49-52-55-58-61-64-67-70-76(79)82-73-74(83-77(80)71-68-65-62-59-56-53-50-47-44-40-36-33-30-27-24-21-18-15-12-9-6-3)72-81-75(78)69-66-63-60-57-54-51-48-45-42-39-35-32-29-26-23-20-17-14-11-8-5-2/h7,10,16,19,23-28,32-37,74H,4-6,8-9,11-15,17-18,20-22,29-31,38-73H2,1-3H3/b10-7-,19-16-,26-23-,27-24-,28-25-,35-32-,36-33-,37-34-. The summed E-state index contributed by atoms with van der Waals surface area (Å²) in [5.41, 5.74) is 0. The van der Waals surface area contributed by atoms with Crippen LogP contribution in [0.5, 0.6) is 0 Å². The maximum atomic E-state index is 13.0. The van der Waals surface area contributed by atoms with Crippen LogP contribution in [0.2, 0.25) is 0 Å². The van der Waals surface area contributed by atoms with Gasteiger partial charge in [-0.05, 0) is 122 Å². The van der Waals surface area contributed by atoms with E-state index in [-0.39, 0.29) is 31.1 Å². The number of rotatable bonds is 65. The molecule has 478 valence electrons. The molecule has 0 aliphatic carbocycles. The molecule has 0 amide bonds. The molecule has 0 aromatic heterocycles. The second-order valence-electron chi connectivity index (χ2n) is 23.8. The largest absolute Gasteiger partial charge is 0.462 e. The van der Waals surface area contributed by atoms with E-state index in [1.54, 1.807) is 0 Å². The molecule has 0 aliphatic heterocycles. The summed E-state index contributed by atoms with van der Waals surface area (Å²) in [6, 6.07) is 0. The first-order chi connectivity index (χ1) is 41.0. The van der Waals surface area contributed by atoms with Gasteiger partial charge in [-0.1, -0.05) is 311 Å². The van der Waals surface area contributed by atoms with Crippen molar-refractivity contribution in [1.29, 1.82) is 0 Å². The Morgan fingerprint density at radius 1 is 0.253 bits per heavy atom. The number of carbonyl (C=O) groups is 3. The van der Waals surface area contributed by atoms with E-state index in [1.807, 2.05) is 0 Å². The van der Waals surface area contributed by atoms with Gasteiger partial charge >= 0.3 is 17.9 Å². The van der Waals surface area contributed by atoms with Crippen LogP contribution in [0.1, 0.15) is 355 Å². The van der Waals surface area contributed by atoms with E-state index in [9.17, 15) is 14.4 Å². The van der Waals surface area contributed by atoms with Crippen LogP contribution in [0.25, 0.3) is 0 Å². The van der Waals surface area contributed by atoms with E-state index >= 15 is 0 Å². The van der Waals surface area contributed by atoms with Crippen molar-refractivity contribution >= 4 is 17.9 Å². The molecule has 6 heteroatoms. The summed E-state index contributed by atoms with van der Waals surface area (Å²) < 4.78 is 17.0. The molecule has 0 radical (unpaired) electrons. The number of unbranched alkanes of at least 4 members (excludes halogenated alkanes) is 38. The van der Waals surface area contributed by atoms with Gasteiger partial charge in [0.15, 0.2) is 6.10 Å². The van der Waals surface area contributed by atoms with Crippen LogP contribution in [0, 0.1) is 0 Å². The number of allylic oxidation sites excluding steroid dienone is 16. The molecule has 0 aromatic rings. The topological polar surface area (TPSA) is 78.9 Å². The fraction of sp³-hybridized carbons (Fsp3) is 0.753. The van der Waals surface area contributed by atoms with Gasteiger partial charge in [0.25, 0.3) is 0 Å². The molecule has 6 nitrogen and oxygen atoms in total. The minimum atomic E-state index is -0.787. The highest BCUT2D eigenvalue weighted by molar-refractivity contribution is 5.71. The summed E-state index contributed by atoms with van der Waals surface area (Å²) in [7, 11) is 0. The van der Waals surface area contributed by atoms with E-state index in [1.165, 1.54) is 218 Å². The molecule has 0 saturated carbocycles. The minimum absolute atomic E-state index is 0.0812. The zero-order chi connectivity index (χ0) is 59.9. The number of hydrogen-bond acceptors (Lipinski definition) is 6. The third kappa shape index (κ3) is 69.0. The lowest BCUT2D eigenvalue weighted by molar-refractivity contribution is -0.167. The minimum Gasteiger partial charge on any atom is -0.462 e. The van der Waals surface area contributed by atoms with Crippen LogP contribution in [0.15, 0.2) is 97.2 Å². The highest BCUT2D eigenvalue weighted by Crippen LogP contribution is 2.17.